The molecule has 2 aromatic carbocycles. The molecule has 5 heterocycles. The van der Waals surface area contributed by atoms with Gasteiger partial charge in [0.2, 0.25) is 17.7 Å². The molecule has 74 heavy (non-hydrogen) atoms. The average molecular weight is 1080 g/mol. The number of anilines is 2. The molecular weight excluding hydrogens is 1000 g/mol. The summed E-state index contributed by atoms with van der Waals surface area (Å²) in [6, 6.07) is 9.42. The summed E-state index contributed by atoms with van der Waals surface area (Å²) in [7, 11) is 0. The van der Waals surface area contributed by atoms with E-state index < -0.39 is 47.0 Å². The summed E-state index contributed by atoms with van der Waals surface area (Å²) < 4.78 is 21.2. The Hall–Kier alpha value is -4.92. The summed E-state index contributed by atoms with van der Waals surface area (Å²) in [6.45, 7) is 15.0. The maximum absolute atomic E-state index is 14.7. The maximum Gasteiger partial charge on any atom is 0.258 e. The molecule has 3 saturated heterocycles. The summed E-state index contributed by atoms with van der Waals surface area (Å²) in [5, 5.41) is 20.5. The van der Waals surface area contributed by atoms with E-state index in [1.807, 2.05) is 49.5 Å². The van der Waals surface area contributed by atoms with Crippen LogP contribution in [-0.2, 0) is 25.7 Å². The molecule has 4 aliphatic rings. The van der Waals surface area contributed by atoms with Crippen molar-refractivity contribution in [2.24, 2.45) is 22.5 Å². The highest BCUT2D eigenvalue weighted by molar-refractivity contribution is 7.99. The number of nitrogens with zero attached hydrogens (tertiary/aromatic N) is 6. The van der Waals surface area contributed by atoms with E-state index in [0.29, 0.717) is 48.5 Å². The van der Waals surface area contributed by atoms with Crippen LogP contribution in [0, 0.1) is 23.7 Å². The Morgan fingerprint density at radius 1 is 1.04 bits per heavy atom. The average Bonchev–Trinajstić information content (AvgIpc) is 3.79. The smallest absolute Gasteiger partial charge is 0.258 e. The summed E-state index contributed by atoms with van der Waals surface area (Å²) in [5.74, 6) is 0.118. The molecule has 6 N–H and O–H groups in total. The number of aromatic nitrogens is 3. The van der Waals surface area contributed by atoms with Crippen LogP contribution in [0.4, 0.5) is 15.9 Å². The summed E-state index contributed by atoms with van der Waals surface area (Å²) in [4.78, 5) is 75.2. The van der Waals surface area contributed by atoms with Gasteiger partial charge in [0, 0.05) is 56.0 Å². The quantitative estimate of drug-likeness (QED) is 0.0537. The highest BCUT2D eigenvalue weighted by Crippen LogP contribution is 2.41. The molecule has 20 heteroatoms. The van der Waals surface area contributed by atoms with Crippen molar-refractivity contribution in [3.8, 4) is 16.2 Å². The number of aryl methyl sites for hydroxylation is 1. The van der Waals surface area contributed by atoms with Gasteiger partial charge in [0.15, 0.2) is 5.67 Å². The highest BCUT2D eigenvalue weighted by Gasteiger charge is 2.53. The molecule has 400 valence electrons. The van der Waals surface area contributed by atoms with E-state index in [0.717, 1.165) is 102 Å². The molecule has 3 atom stereocenters. The van der Waals surface area contributed by atoms with Gasteiger partial charge < -0.3 is 46.2 Å². The molecule has 4 amide bonds. The number of carbonyl (C=O) groups excluding carboxylic acids is 4. The van der Waals surface area contributed by atoms with Gasteiger partial charge in [0.05, 0.1) is 51.9 Å². The van der Waals surface area contributed by atoms with E-state index >= 15 is 0 Å². The van der Waals surface area contributed by atoms with Gasteiger partial charge in [0.1, 0.15) is 28.7 Å². The lowest BCUT2D eigenvalue weighted by Crippen LogP contribution is -2.59. The Labute approximate surface area is 447 Å². The summed E-state index contributed by atoms with van der Waals surface area (Å²) in [5.41, 5.74) is 8.41. The predicted octanol–water partition coefficient (Wildman–Crippen LogP) is 7.79. The molecule has 2 unspecified atom stereocenters. The number of piperidine rings is 2. The summed E-state index contributed by atoms with van der Waals surface area (Å²) in [6.07, 6.45) is 9.15. The summed E-state index contributed by atoms with van der Waals surface area (Å²) >= 11 is 9.77. The number of ether oxygens (including phenoxy) is 1. The number of likely N-dealkylation sites (tertiary alicyclic amines) is 2. The van der Waals surface area contributed by atoms with Crippen LogP contribution in [0.15, 0.2) is 64.2 Å². The number of β-amino-alcohol motifs (C(OH)–C–C–N with tert-alkyl or cyclic N) is 1. The molecule has 8 rings (SSSR count). The Morgan fingerprint density at radius 3 is 2.46 bits per heavy atom. The van der Waals surface area contributed by atoms with Crippen LogP contribution >= 0.6 is 34.7 Å². The van der Waals surface area contributed by atoms with E-state index in [1.165, 1.54) is 16.7 Å². The first-order valence-corrected chi connectivity index (χ1v) is 28.1. The van der Waals surface area contributed by atoms with Crippen molar-refractivity contribution >= 4 is 69.8 Å². The number of aliphatic hydroxyl groups is 1. The highest BCUT2D eigenvalue weighted by atomic mass is 35.5. The third-order valence-electron chi connectivity index (χ3n) is 15.1. The topological polar surface area (TPSA) is 208 Å². The number of aliphatic hydroxyl groups excluding tert-OH is 1. The van der Waals surface area contributed by atoms with Crippen LogP contribution in [0.3, 0.4) is 0 Å². The molecule has 4 fully saturated rings. The number of halogens is 2. The maximum atomic E-state index is 14.7. The van der Waals surface area contributed by atoms with Crippen LogP contribution < -0.4 is 31.3 Å². The van der Waals surface area contributed by atoms with Gasteiger partial charge in [-0.3, -0.25) is 19.2 Å². The third-order valence-corrected chi connectivity index (χ3v) is 17.6. The van der Waals surface area contributed by atoms with Crippen molar-refractivity contribution in [2.75, 3.05) is 62.6 Å². The van der Waals surface area contributed by atoms with Crippen molar-refractivity contribution in [2.45, 2.75) is 139 Å². The molecule has 1 saturated carbocycles. The van der Waals surface area contributed by atoms with E-state index in [4.69, 9.17) is 22.1 Å². The van der Waals surface area contributed by atoms with Crippen LogP contribution in [-0.4, -0.2) is 130 Å². The van der Waals surface area contributed by atoms with Crippen LogP contribution in [0.1, 0.15) is 103 Å². The number of thiazole rings is 1. The lowest BCUT2D eigenvalue weighted by Gasteiger charge is -2.39. The zero-order valence-corrected chi connectivity index (χ0v) is 45.7. The van der Waals surface area contributed by atoms with Crippen LogP contribution in [0.5, 0.6) is 5.75 Å². The number of benzene rings is 2. The van der Waals surface area contributed by atoms with E-state index in [1.54, 1.807) is 43.8 Å². The lowest BCUT2D eigenvalue weighted by atomic mass is 9.80. The zero-order chi connectivity index (χ0) is 52.8. The normalized spacial score (nSPS) is 20.2. The molecule has 16 nitrogen and oxygen atoms in total. The van der Waals surface area contributed by atoms with Crippen molar-refractivity contribution in [3.05, 3.63) is 70.6 Å². The zero-order valence-electron chi connectivity index (χ0n) is 43.3. The predicted molar refractivity (Wildman–Crippen MR) is 288 cm³/mol. The number of carbonyl (C=O) groups is 4. The Bertz CT molecular complexity index is 2620. The van der Waals surface area contributed by atoms with Crippen LogP contribution in [0.25, 0.3) is 10.4 Å². The number of rotatable bonds is 20. The van der Waals surface area contributed by atoms with Crippen molar-refractivity contribution in [1.29, 1.82) is 0 Å². The van der Waals surface area contributed by atoms with Gasteiger partial charge in [-0.1, -0.05) is 69.3 Å². The first-order chi connectivity index (χ1) is 35.3. The number of alkyl halides is 1. The Balaban J connectivity index is 0.784. The second-order valence-electron chi connectivity index (χ2n) is 21.9. The fourth-order valence-electron chi connectivity index (χ4n) is 9.90. The van der Waals surface area contributed by atoms with Gasteiger partial charge in [-0.05, 0) is 118 Å². The molecule has 0 bridgehead atoms. The monoisotopic (exact) mass is 1070 g/mol. The molecule has 0 spiro atoms. The van der Waals surface area contributed by atoms with Gasteiger partial charge in [-0.15, -0.1) is 11.3 Å². The number of amides is 4. The largest absolute Gasteiger partial charge is 0.493 e. The minimum absolute atomic E-state index is 0.0321. The molecule has 0 radical (unpaired) electrons. The Kier molecular flexibility index (Phi) is 17.9. The number of nitrogens with one attached hydrogen (secondary N) is 3. The van der Waals surface area contributed by atoms with E-state index in [9.17, 15) is 28.7 Å². The SMILES string of the molecule is Cc1ncsc1-c1ccc(CNC(=O)C2CC(O)CN2C(=O)[C@@H](NC(=O)C2(F)CC2)C(C)(C)C)c(OCCCC2CCN(CCC(=O)Nc3cccc(Sc4cnc(N5CCC(C)(CN)CC5)cn4)c3Cl)CC2)c1. The van der Waals surface area contributed by atoms with E-state index in [2.05, 4.69) is 47.6 Å². The number of hydrogen-bond donors (Lipinski definition) is 5. The molecule has 1 aliphatic carbocycles. The second-order valence-corrected chi connectivity index (χ2v) is 24.2. The molecule has 2 aromatic heterocycles. The van der Waals surface area contributed by atoms with Gasteiger partial charge in [-0.2, -0.15) is 0 Å². The minimum atomic E-state index is -1.97. The molecular formula is C54H72ClFN10O6S2. The first kappa shape index (κ1) is 55.3. The molecule has 3 aliphatic heterocycles. The first-order valence-electron chi connectivity index (χ1n) is 26.0. The van der Waals surface area contributed by atoms with Gasteiger partial charge in [-0.25, -0.2) is 19.3 Å². The number of hydrogen-bond acceptors (Lipinski definition) is 14. The van der Waals surface area contributed by atoms with Crippen LogP contribution in [0.2, 0.25) is 5.02 Å². The standard InChI is InChI=1S/C54H72ClFN10O6S2/c1-34-47(73-33-61-34)36-11-12-37(28-60-49(69)40-27-38(67)31-66(40)50(70)48(52(2,3)4)63-51(71)54(56)16-17-54)41(26-36)72-25-7-8-35-13-20-64(21-14-35)22-15-44(68)62-39-9-6-10-42(46(39)55)74-45-30-58-43(29-59-45)65-23-18-53(5,32-57)19-24-65/h6,9-12,26,29-30,33,35,38,40,48,67H,7-8,13-25,27-28,31-32,57H2,1-5H3,(H,60,69)(H,62,68)(H,63,71)/t38?,40?,48-/m1/s1. The van der Waals surface area contributed by atoms with Crippen molar-refractivity contribution in [1.82, 2.24) is 35.4 Å². The molecule has 4 aromatic rings. The van der Waals surface area contributed by atoms with Gasteiger partial charge in [0.25, 0.3) is 5.91 Å². The number of nitrogens with two attached hydrogens (primary N) is 1. The van der Waals surface area contributed by atoms with Crippen molar-refractivity contribution < 1.29 is 33.4 Å². The van der Waals surface area contributed by atoms with Gasteiger partial charge >= 0.3 is 0 Å². The van der Waals surface area contributed by atoms with E-state index in [-0.39, 0.29) is 43.7 Å². The fraction of sp³-hybridized carbons (Fsp3) is 0.574. The second kappa shape index (κ2) is 24.0. The minimum Gasteiger partial charge on any atom is -0.493 e. The lowest BCUT2D eigenvalue weighted by molar-refractivity contribution is -0.145. The fourth-order valence-corrected chi connectivity index (χ4v) is 11.8. The van der Waals surface area contributed by atoms with Crippen molar-refractivity contribution in [3.63, 3.8) is 0 Å². The Morgan fingerprint density at radius 2 is 1.80 bits per heavy atom. The third kappa shape index (κ3) is 13.9.